The van der Waals surface area contributed by atoms with E-state index in [0.717, 1.165) is 72.1 Å². The lowest BCUT2D eigenvalue weighted by Crippen LogP contribution is -2.63. The van der Waals surface area contributed by atoms with Gasteiger partial charge in [-0.3, -0.25) is 0 Å². The lowest BCUT2D eigenvalue weighted by molar-refractivity contribution is -0.296. The Kier molecular flexibility index (Phi) is 6.49. The molecule has 0 atom stereocenters. The first kappa shape index (κ1) is 15.2. The standard InChI is InChI=1S/C13H28N4O2/c1-3-5-17(15-8-12-19-13-9-15)16(4-2)14-6-10-18-11-7-14/h3-13H2,1-2H3. The predicted molar refractivity (Wildman–Crippen MR) is 74.2 cm³/mol. The van der Waals surface area contributed by atoms with Gasteiger partial charge in [0, 0.05) is 39.3 Å². The van der Waals surface area contributed by atoms with Crippen molar-refractivity contribution >= 4 is 0 Å². The van der Waals surface area contributed by atoms with Gasteiger partial charge in [0.05, 0.1) is 26.4 Å². The van der Waals surface area contributed by atoms with E-state index < -0.39 is 0 Å². The average Bonchev–Trinajstić information content (AvgIpc) is 2.49. The Morgan fingerprint density at radius 1 is 0.789 bits per heavy atom. The van der Waals surface area contributed by atoms with E-state index in [-0.39, 0.29) is 0 Å². The topological polar surface area (TPSA) is 31.4 Å². The molecular formula is C13H28N4O2. The van der Waals surface area contributed by atoms with Gasteiger partial charge in [0.25, 0.3) is 0 Å². The molecule has 2 rings (SSSR count). The van der Waals surface area contributed by atoms with Gasteiger partial charge in [0.1, 0.15) is 0 Å². The molecule has 2 saturated heterocycles. The fraction of sp³-hybridized carbons (Fsp3) is 1.00. The van der Waals surface area contributed by atoms with Crippen molar-refractivity contribution in [2.45, 2.75) is 20.3 Å². The van der Waals surface area contributed by atoms with Crippen molar-refractivity contribution in [1.29, 1.82) is 0 Å². The highest BCUT2D eigenvalue weighted by Crippen LogP contribution is 2.12. The Balaban J connectivity index is 2.00. The minimum Gasteiger partial charge on any atom is -0.379 e. The summed E-state index contributed by atoms with van der Waals surface area (Å²) in [5.41, 5.74) is 0. The summed E-state index contributed by atoms with van der Waals surface area (Å²) in [6.07, 6.45) is 1.15. The van der Waals surface area contributed by atoms with Crippen molar-refractivity contribution in [2.75, 3.05) is 65.7 Å². The Morgan fingerprint density at radius 2 is 1.26 bits per heavy atom. The molecule has 2 fully saturated rings. The van der Waals surface area contributed by atoms with Gasteiger partial charge >= 0.3 is 0 Å². The van der Waals surface area contributed by atoms with Gasteiger partial charge in [0.15, 0.2) is 0 Å². The summed E-state index contributed by atoms with van der Waals surface area (Å²) < 4.78 is 10.9. The van der Waals surface area contributed by atoms with Crippen molar-refractivity contribution in [3.05, 3.63) is 0 Å². The summed E-state index contributed by atoms with van der Waals surface area (Å²) >= 11 is 0. The third kappa shape index (κ3) is 4.11. The zero-order valence-corrected chi connectivity index (χ0v) is 12.4. The Labute approximate surface area is 116 Å². The van der Waals surface area contributed by atoms with E-state index in [1.165, 1.54) is 0 Å². The predicted octanol–water partition coefficient (Wildman–Crippen LogP) is 0.430. The van der Waals surface area contributed by atoms with Crippen molar-refractivity contribution < 1.29 is 9.47 Å². The maximum absolute atomic E-state index is 5.47. The van der Waals surface area contributed by atoms with Gasteiger partial charge in [-0.25, -0.2) is 10.0 Å². The highest BCUT2D eigenvalue weighted by Gasteiger charge is 2.27. The molecule has 2 aliphatic heterocycles. The number of hydrogen-bond donors (Lipinski definition) is 0. The van der Waals surface area contributed by atoms with Crippen LogP contribution in [0.1, 0.15) is 20.3 Å². The molecule has 0 saturated carbocycles. The molecule has 0 bridgehead atoms. The molecule has 6 heteroatoms. The molecule has 19 heavy (non-hydrogen) atoms. The van der Waals surface area contributed by atoms with Crippen LogP contribution in [0, 0.1) is 0 Å². The molecule has 0 radical (unpaired) electrons. The van der Waals surface area contributed by atoms with Crippen LogP contribution in [0.15, 0.2) is 0 Å². The van der Waals surface area contributed by atoms with Crippen molar-refractivity contribution in [2.24, 2.45) is 0 Å². The van der Waals surface area contributed by atoms with Gasteiger partial charge < -0.3 is 9.47 Å². The number of hydrazine groups is 3. The maximum Gasteiger partial charge on any atom is 0.0608 e. The number of rotatable bonds is 6. The second-order valence-corrected chi connectivity index (χ2v) is 4.92. The fourth-order valence-corrected chi connectivity index (χ4v) is 2.68. The summed E-state index contributed by atoms with van der Waals surface area (Å²) in [6, 6.07) is 0. The summed E-state index contributed by atoms with van der Waals surface area (Å²) in [7, 11) is 0. The molecular weight excluding hydrogens is 244 g/mol. The first-order valence-corrected chi connectivity index (χ1v) is 7.57. The minimum atomic E-state index is 0.833. The SMILES string of the molecule is CCCN(N1CCOCC1)N(CC)N1CCOCC1. The molecule has 0 aromatic carbocycles. The molecule has 0 spiro atoms. The van der Waals surface area contributed by atoms with Gasteiger partial charge in [-0.15, -0.1) is 0 Å². The van der Waals surface area contributed by atoms with Gasteiger partial charge in [-0.05, 0) is 13.3 Å². The summed E-state index contributed by atoms with van der Waals surface area (Å²) in [4.78, 5) is 0. The normalized spacial score (nSPS) is 23.4. The van der Waals surface area contributed by atoms with Crippen molar-refractivity contribution in [3.8, 4) is 0 Å². The van der Waals surface area contributed by atoms with E-state index in [2.05, 4.69) is 34.1 Å². The van der Waals surface area contributed by atoms with Crippen LogP contribution in [0.2, 0.25) is 0 Å². The number of nitrogens with zero attached hydrogens (tertiary/aromatic N) is 4. The number of hydrogen-bond acceptors (Lipinski definition) is 6. The fourth-order valence-electron chi connectivity index (χ4n) is 2.68. The smallest absolute Gasteiger partial charge is 0.0608 e. The van der Waals surface area contributed by atoms with Crippen molar-refractivity contribution in [1.82, 2.24) is 20.3 Å². The molecule has 2 heterocycles. The highest BCUT2D eigenvalue weighted by molar-refractivity contribution is 4.64. The third-order valence-corrected chi connectivity index (χ3v) is 3.60. The molecule has 112 valence electrons. The lowest BCUT2D eigenvalue weighted by Gasteiger charge is -2.48. The van der Waals surface area contributed by atoms with Crippen LogP contribution >= 0.6 is 0 Å². The highest BCUT2D eigenvalue weighted by atomic mass is 16.5. The third-order valence-electron chi connectivity index (χ3n) is 3.60. The minimum absolute atomic E-state index is 0.833. The first-order chi connectivity index (χ1) is 9.36. The van der Waals surface area contributed by atoms with Crippen LogP contribution in [0.5, 0.6) is 0 Å². The van der Waals surface area contributed by atoms with Crippen LogP contribution in [0.25, 0.3) is 0 Å². The van der Waals surface area contributed by atoms with Crippen LogP contribution in [0.3, 0.4) is 0 Å². The lowest BCUT2D eigenvalue weighted by atomic mass is 10.4. The quantitative estimate of drug-likeness (QED) is 0.652. The zero-order valence-electron chi connectivity index (χ0n) is 12.4. The molecule has 0 amide bonds. The van der Waals surface area contributed by atoms with E-state index in [1.807, 2.05) is 0 Å². The molecule has 6 nitrogen and oxygen atoms in total. The summed E-state index contributed by atoms with van der Waals surface area (Å²) in [6.45, 7) is 13.8. The molecule has 0 aromatic rings. The average molecular weight is 272 g/mol. The van der Waals surface area contributed by atoms with E-state index in [9.17, 15) is 0 Å². The number of morpholine rings is 2. The van der Waals surface area contributed by atoms with E-state index in [1.54, 1.807) is 0 Å². The van der Waals surface area contributed by atoms with Crippen molar-refractivity contribution in [3.63, 3.8) is 0 Å². The largest absolute Gasteiger partial charge is 0.379 e. The molecule has 0 N–H and O–H groups in total. The molecule has 0 aliphatic carbocycles. The molecule has 0 unspecified atom stereocenters. The van der Waals surface area contributed by atoms with Crippen LogP contribution in [-0.2, 0) is 9.47 Å². The van der Waals surface area contributed by atoms with Gasteiger partial charge in [-0.2, -0.15) is 10.2 Å². The number of ether oxygens (including phenoxy) is 2. The first-order valence-electron chi connectivity index (χ1n) is 7.57. The second-order valence-electron chi connectivity index (χ2n) is 4.92. The van der Waals surface area contributed by atoms with Crippen LogP contribution < -0.4 is 0 Å². The van der Waals surface area contributed by atoms with Crippen LogP contribution in [-0.4, -0.2) is 85.9 Å². The van der Waals surface area contributed by atoms with E-state index in [0.29, 0.717) is 0 Å². The molecule has 2 aliphatic rings. The van der Waals surface area contributed by atoms with Crippen LogP contribution in [0.4, 0.5) is 0 Å². The van der Waals surface area contributed by atoms with E-state index in [4.69, 9.17) is 9.47 Å². The zero-order chi connectivity index (χ0) is 13.5. The summed E-state index contributed by atoms with van der Waals surface area (Å²) in [5, 5.41) is 9.63. The monoisotopic (exact) mass is 272 g/mol. The molecule has 0 aromatic heterocycles. The second kappa shape index (κ2) is 8.14. The summed E-state index contributed by atoms with van der Waals surface area (Å²) in [5.74, 6) is 0. The van der Waals surface area contributed by atoms with Gasteiger partial charge in [0.2, 0.25) is 0 Å². The van der Waals surface area contributed by atoms with Gasteiger partial charge in [-0.1, -0.05) is 6.92 Å². The Hall–Kier alpha value is -0.240. The maximum atomic E-state index is 5.47. The van der Waals surface area contributed by atoms with E-state index >= 15 is 0 Å². The Bertz CT molecular complexity index is 243. The Morgan fingerprint density at radius 3 is 1.68 bits per heavy atom.